The monoisotopic (exact) mass is 675 g/mol. The smallest absolute Gasteiger partial charge is 0.0547 e. The Bertz CT molecular complexity index is 3060. The van der Waals surface area contributed by atoms with Gasteiger partial charge in [0.1, 0.15) is 0 Å². The topological polar surface area (TPSA) is 4.93 Å². The third kappa shape index (κ3) is 4.44. The summed E-state index contributed by atoms with van der Waals surface area (Å²) in [6.45, 7) is 9.21. The number of nitrogens with zero attached hydrogens (tertiary/aromatic N) is 1. The molecule has 8 aromatic rings. The largest absolute Gasteiger partial charge is 0.309 e. The number of rotatable bonds is 2. The number of aromatic nitrogens is 1. The van der Waals surface area contributed by atoms with Gasteiger partial charge in [0, 0.05) is 21.9 Å². The van der Waals surface area contributed by atoms with E-state index in [0.717, 1.165) is 17.6 Å². The van der Waals surface area contributed by atoms with Gasteiger partial charge in [-0.15, -0.1) is 0 Å². The van der Waals surface area contributed by atoms with E-state index < -0.39 is 0 Å². The summed E-state index contributed by atoms with van der Waals surface area (Å²) >= 11 is 0. The fourth-order valence-electron chi connectivity index (χ4n) is 9.41. The van der Waals surface area contributed by atoms with E-state index in [0.29, 0.717) is 0 Å². The molecule has 0 radical (unpaired) electrons. The molecule has 0 atom stereocenters. The molecule has 3 aliphatic rings. The van der Waals surface area contributed by atoms with Gasteiger partial charge < -0.3 is 4.57 Å². The molecule has 1 aromatic heterocycles. The fraction of sp³-hybridized carbons (Fsp3) is 0.0769. The Labute approximate surface area is 309 Å². The Morgan fingerprint density at radius 2 is 1.25 bits per heavy atom. The lowest BCUT2D eigenvalue weighted by molar-refractivity contribution is 0.661. The standard InChI is InChI=1S/C52H37N/c1-32-11-10-12-35-26-37(43-14-5-4-13-42(35)43)22-24-41(32)36-20-19-34-27-40(23-21-33(34)25-36)53-50-18-9-7-16-45(50)47-29-38-30-49-46(28-39(38)31-51(47)53)44-15-6-8-17-48(44)52(49,2)3/h4-25,27-31H,1,26H2,2-3H3/b11-10-,35-12+,37-22+,41-24?. The van der Waals surface area contributed by atoms with E-state index in [2.05, 4.69) is 189 Å². The van der Waals surface area contributed by atoms with Gasteiger partial charge >= 0.3 is 0 Å². The van der Waals surface area contributed by atoms with Crippen molar-refractivity contribution >= 4 is 60.1 Å². The zero-order valence-corrected chi connectivity index (χ0v) is 29.9. The average molecular weight is 676 g/mol. The molecule has 1 heteroatoms. The first-order valence-corrected chi connectivity index (χ1v) is 18.7. The number of benzene rings is 7. The van der Waals surface area contributed by atoms with E-state index >= 15 is 0 Å². The van der Waals surface area contributed by atoms with Crippen molar-refractivity contribution in [3.8, 4) is 16.8 Å². The maximum Gasteiger partial charge on any atom is 0.0547 e. The minimum atomic E-state index is -0.0243. The van der Waals surface area contributed by atoms with E-state index in [1.165, 1.54) is 99.1 Å². The van der Waals surface area contributed by atoms with Crippen LogP contribution in [0.15, 0.2) is 176 Å². The molecule has 250 valence electrons. The maximum absolute atomic E-state index is 4.49. The summed E-state index contributed by atoms with van der Waals surface area (Å²) in [6.07, 6.45) is 12.1. The van der Waals surface area contributed by atoms with Gasteiger partial charge in [-0.05, 0) is 138 Å². The van der Waals surface area contributed by atoms with Gasteiger partial charge in [-0.2, -0.15) is 0 Å². The van der Waals surface area contributed by atoms with Gasteiger partial charge in [0.25, 0.3) is 0 Å². The van der Waals surface area contributed by atoms with Crippen molar-refractivity contribution in [2.75, 3.05) is 0 Å². The zero-order valence-electron chi connectivity index (χ0n) is 29.9. The van der Waals surface area contributed by atoms with Crippen LogP contribution in [0.4, 0.5) is 0 Å². The van der Waals surface area contributed by atoms with Crippen molar-refractivity contribution in [3.63, 3.8) is 0 Å². The Hall–Kier alpha value is -6.44. The summed E-state index contributed by atoms with van der Waals surface area (Å²) in [5.74, 6) is 0. The highest BCUT2D eigenvalue weighted by atomic mass is 15.0. The van der Waals surface area contributed by atoms with Crippen LogP contribution in [0.25, 0.3) is 76.9 Å². The lowest BCUT2D eigenvalue weighted by Crippen LogP contribution is -2.14. The second kappa shape index (κ2) is 11.0. The second-order valence-corrected chi connectivity index (χ2v) is 15.5. The lowest BCUT2D eigenvalue weighted by Gasteiger charge is -2.21. The van der Waals surface area contributed by atoms with Gasteiger partial charge in [-0.1, -0.05) is 136 Å². The summed E-state index contributed by atoms with van der Waals surface area (Å²) in [5.41, 5.74) is 17.9. The molecule has 0 aliphatic heterocycles. The fourth-order valence-corrected chi connectivity index (χ4v) is 9.41. The van der Waals surface area contributed by atoms with Crippen LogP contribution >= 0.6 is 0 Å². The highest BCUT2D eigenvalue weighted by molar-refractivity contribution is 6.14. The summed E-state index contributed by atoms with van der Waals surface area (Å²) in [6, 6.07) is 49.9. The van der Waals surface area contributed by atoms with Gasteiger partial charge in [0.05, 0.1) is 11.0 Å². The Morgan fingerprint density at radius 3 is 2.11 bits per heavy atom. The van der Waals surface area contributed by atoms with Crippen molar-refractivity contribution in [2.45, 2.75) is 25.7 Å². The molecule has 3 aliphatic carbocycles. The van der Waals surface area contributed by atoms with Crippen molar-refractivity contribution in [1.82, 2.24) is 4.57 Å². The number of fused-ring (bicyclic) bond motifs is 13. The first-order chi connectivity index (χ1) is 25.9. The molecule has 1 heterocycles. The van der Waals surface area contributed by atoms with E-state index in [1.54, 1.807) is 0 Å². The van der Waals surface area contributed by atoms with Crippen LogP contribution in [0.1, 0.15) is 48.1 Å². The van der Waals surface area contributed by atoms with E-state index in [-0.39, 0.29) is 5.41 Å². The zero-order chi connectivity index (χ0) is 35.4. The van der Waals surface area contributed by atoms with E-state index in [9.17, 15) is 0 Å². The number of para-hydroxylation sites is 1. The van der Waals surface area contributed by atoms with Crippen LogP contribution in [0.3, 0.4) is 0 Å². The first kappa shape index (κ1) is 30.2. The van der Waals surface area contributed by atoms with Crippen LogP contribution in [0.5, 0.6) is 0 Å². The highest BCUT2D eigenvalue weighted by Crippen LogP contribution is 2.50. The van der Waals surface area contributed by atoms with Crippen molar-refractivity contribution in [1.29, 1.82) is 0 Å². The molecule has 0 saturated heterocycles. The molecule has 7 aromatic carbocycles. The lowest BCUT2D eigenvalue weighted by atomic mass is 9.82. The summed E-state index contributed by atoms with van der Waals surface area (Å²) < 4.78 is 2.45. The molecule has 0 N–H and O–H groups in total. The molecule has 0 saturated carbocycles. The molecule has 1 nitrogen and oxygen atoms in total. The summed E-state index contributed by atoms with van der Waals surface area (Å²) in [7, 11) is 0. The molecule has 0 amide bonds. The van der Waals surface area contributed by atoms with Crippen LogP contribution in [-0.4, -0.2) is 4.57 Å². The van der Waals surface area contributed by atoms with Gasteiger partial charge in [-0.3, -0.25) is 0 Å². The molecular formula is C52H37N. The minimum Gasteiger partial charge on any atom is -0.309 e. The molecule has 0 fully saturated rings. The molecule has 2 bridgehead atoms. The molecular weight excluding hydrogens is 639 g/mol. The maximum atomic E-state index is 4.49. The molecule has 53 heavy (non-hydrogen) atoms. The number of hydrogen-bond acceptors (Lipinski definition) is 0. The average Bonchev–Trinajstić information content (AvgIpc) is 3.77. The summed E-state index contributed by atoms with van der Waals surface area (Å²) in [5, 5.41) is 7.55. The Balaban J connectivity index is 1.04. The van der Waals surface area contributed by atoms with Crippen LogP contribution in [0.2, 0.25) is 0 Å². The summed E-state index contributed by atoms with van der Waals surface area (Å²) in [4.78, 5) is 0. The third-order valence-corrected chi connectivity index (χ3v) is 12.1. The third-order valence-electron chi connectivity index (χ3n) is 12.1. The van der Waals surface area contributed by atoms with Crippen LogP contribution < -0.4 is 0 Å². The predicted octanol–water partition coefficient (Wildman–Crippen LogP) is 13.8. The quantitative estimate of drug-likeness (QED) is 0.172. The first-order valence-electron chi connectivity index (χ1n) is 18.7. The molecule has 0 unspecified atom stereocenters. The van der Waals surface area contributed by atoms with Crippen molar-refractivity contribution in [2.24, 2.45) is 0 Å². The molecule has 0 spiro atoms. The number of allylic oxidation sites excluding steroid dienone is 9. The Kier molecular flexibility index (Phi) is 6.29. The Morgan fingerprint density at radius 1 is 0.528 bits per heavy atom. The normalized spacial score (nSPS) is 18.3. The second-order valence-electron chi connectivity index (χ2n) is 15.5. The van der Waals surface area contributed by atoms with Crippen molar-refractivity contribution < 1.29 is 0 Å². The van der Waals surface area contributed by atoms with E-state index in [4.69, 9.17) is 0 Å². The molecule has 11 rings (SSSR count). The van der Waals surface area contributed by atoms with Crippen LogP contribution in [-0.2, 0) is 5.41 Å². The van der Waals surface area contributed by atoms with Crippen molar-refractivity contribution in [3.05, 3.63) is 204 Å². The van der Waals surface area contributed by atoms with Crippen LogP contribution in [0, 0.1) is 0 Å². The van der Waals surface area contributed by atoms with Gasteiger partial charge in [-0.25, -0.2) is 0 Å². The number of hydrogen-bond donors (Lipinski definition) is 0. The van der Waals surface area contributed by atoms with Gasteiger partial charge in [0.15, 0.2) is 0 Å². The highest BCUT2D eigenvalue weighted by Gasteiger charge is 2.35. The van der Waals surface area contributed by atoms with E-state index in [1.807, 2.05) is 0 Å². The van der Waals surface area contributed by atoms with Gasteiger partial charge in [0.2, 0.25) is 0 Å². The predicted molar refractivity (Wildman–Crippen MR) is 227 cm³/mol. The SMILES string of the molecule is C=C1/C=C\C=C2/C/C(=C\C=C1c1ccc3cc(-n4c5ccccc5c5cc6cc7c(cc6cc54)-c4ccccc4C7(C)C)ccc3c1)c1ccccc12. The minimum absolute atomic E-state index is 0.0243.